The van der Waals surface area contributed by atoms with E-state index in [4.69, 9.17) is 9.94 Å². The van der Waals surface area contributed by atoms with Crippen molar-refractivity contribution < 1.29 is 30.1 Å². The molecule has 1 amide bonds. The summed E-state index contributed by atoms with van der Waals surface area (Å²) in [5.74, 6) is -0.415. The first-order chi connectivity index (χ1) is 11.8. The van der Waals surface area contributed by atoms with Crippen molar-refractivity contribution in [3.63, 3.8) is 0 Å². The summed E-state index contributed by atoms with van der Waals surface area (Å²) in [7, 11) is 0. The van der Waals surface area contributed by atoms with E-state index in [9.17, 15) is 20.1 Å². The van der Waals surface area contributed by atoms with Crippen molar-refractivity contribution in [2.75, 3.05) is 0 Å². The summed E-state index contributed by atoms with van der Waals surface area (Å²) in [6.45, 7) is 0. The minimum Gasteiger partial charge on any atom is -0.508 e. The fourth-order valence-electron chi connectivity index (χ4n) is 2.63. The van der Waals surface area contributed by atoms with Gasteiger partial charge in [0.25, 0.3) is 0 Å². The van der Waals surface area contributed by atoms with E-state index in [2.05, 4.69) is 15.9 Å². The number of rotatable bonds is 3. The van der Waals surface area contributed by atoms with Crippen LogP contribution in [0.25, 0.3) is 5.76 Å². The lowest BCUT2D eigenvalue weighted by molar-refractivity contribution is -0.133. The second-order valence-electron chi connectivity index (χ2n) is 5.59. The Morgan fingerprint density at radius 1 is 1.20 bits per heavy atom. The molecular weight excluding hydrogens is 394 g/mol. The van der Waals surface area contributed by atoms with Crippen LogP contribution in [-0.2, 0) is 10.4 Å². The number of halogens is 1. The van der Waals surface area contributed by atoms with Crippen molar-refractivity contribution >= 4 is 27.6 Å². The van der Waals surface area contributed by atoms with Gasteiger partial charge in [-0.3, -0.25) is 10.0 Å². The summed E-state index contributed by atoms with van der Waals surface area (Å²) < 4.78 is 6.17. The fraction of sp³-hybridized carbons (Fsp3) is 0.118. The summed E-state index contributed by atoms with van der Waals surface area (Å²) in [4.78, 5) is 11.6. The molecule has 0 radical (unpaired) electrons. The predicted molar refractivity (Wildman–Crippen MR) is 91.0 cm³/mol. The van der Waals surface area contributed by atoms with E-state index in [1.165, 1.54) is 35.8 Å². The molecule has 0 saturated heterocycles. The molecule has 130 valence electrons. The van der Waals surface area contributed by atoms with E-state index in [0.29, 0.717) is 10.0 Å². The maximum absolute atomic E-state index is 11.6. The molecule has 0 fully saturated rings. The number of amides is 1. The molecule has 5 N–H and O–H groups in total. The fourth-order valence-corrected chi connectivity index (χ4v) is 3.01. The van der Waals surface area contributed by atoms with Crippen molar-refractivity contribution in [1.29, 1.82) is 0 Å². The van der Waals surface area contributed by atoms with Crippen LogP contribution in [0.3, 0.4) is 0 Å². The number of nitrogens with one attached hydrogen (secondary N) is 1. The van der Waals surface area contributed by atoms with Gasteiger partial charge in [-0.05, 0) is 52.3 Å². The van der Waals surface area contributed by atoms with Gasteiger partial charge in [-0.15, -0.1) is 0 Å². The molecule has 2 aromatic carbocycles. The number of hydroxylamine groups is 1. The van der Waals surface area contributed by atoms with Crippen LogP contribution >= 0.6 is 15.9 Å². The van der Waals surface area contributed by atoms with E-state index >= 15 is 0 Å². The SMILES string of the molecule is O=C(CC1(O)C=C(c2ccc(O)c(Br)c2)Oc2cc(O)ccc21)NO. The molecule has 1 aliphatic rings. The highest BCUT2D eigenvalue weighted by molar-refractivity contribution is 9.10. The standard InChI is InChI=1S/C17H14BrNO6/c18-12-5-9(1-4-13(12)21)15-7-17(23,8-16(22)19-24)11-3-2-10(20)6-14(11)25-15/h1-7,20-21,23-24H,8H2,(H,19,22). The Kier molecular flexibility index (Phi) is 4.42. The van der Waals surface area contributed by atoms with Gasteiger partial charge >= 0.3 is 0 Å². The lowest BCUT2D eigenvalue weighted by Crippen LogP contribution is -2.34. The van der Waals surface area contributed by atoms with E-state index in [-0.39, 0.29) is 28.6 Å². The third-order valence-corrected chi connectivity index (χ3v) is 4.44. The molecular formula is C17H14BrNO6. The van der Waals surface area contributed by atoms with E-state index < -0.39 is 17.9 Å². The van der Waals surface area contributed by atoms with Gasteiger partial charge in [-0.25, -0.2) is 5.48 Å². The monoisotopic (exact) mass is 407 g/mol. The Hall–Kier alpha value is -2.55. The lowest BCUT2D eigenvalue weighted by atomic mass is 9.86. The minimum atomic E-state index is -1.76. The molecule has 0 bridgehead atoms. The van der Waals surface area contributed by atoms with Crippen LogP contribution in [-0.4, -0.2) is 26.4 Å². The Labute approximate surface area is 150 Å². The van der Waals surface area contributed by atoms with Crippen LogP contribution in [0, 0.1) is 0 Å². The number of hydrogen-bond acceptors (Lipinski definition) is 6. The molecule has 8 heteroatoms. The second kappa shape index (κ2) is 6.40. The maximum Gasteiger partial charge on any atom is 0.246 e. The lowest BCUT2D eigenvalue weighted by Gasteiger charge is -2.32. The number of hydrogen-bond donors (Lipinski definition) is 5. The summed E-state index contributed by atoms with van der Waals surface area (Å²) in [5, 5.41) is 39.1. The molecule has 0 aliphatic carbocycles. The molecule has 0 spiro atoms. The molecule has 0 saturated carbocycles. The first-order valence-electron chi connectivity index (χ1n) is 7.21. The zero-order chi connectivity index (χ0) is 18.2. The van der Waals surface area contributed by atoms with Crippen molar-refractivity contribution in [2.24, 2.45) is 0 Å². The highest BCUT2D eigenvalue weighted by atomic mass is 79.9. The number of carbonyl (C=O) groups excluding carboxylic acids is 1. The molecule has 1 aliphatic heterocycles. The van der Waals surface area contributed by atoms with Crippen molar-refractivity contribution in [3.05, 3.63) is 58.1 Å². The van der Waals surface area contributed by atoms with Gasteiger partial charge in [0.1, 0.15) is 28.6 Å². The normalized spacial score (nSPS) is 18.8. The van der Waals surface area contributed by atoms with Crippen LogP contribution in [0.1, 0.15) is 17.5 Å². The molecule has 25 heavy (non-hydrogen) atoms. The van der Waals surface area contributed by atoms with Crippen molar-refractivity contribution in [1.82, 2.24) is 5.48 Å². The van der Waals surface area contributed by atoms with Gasteiger partial charge < -0.3 is 20.1 Å². The second-order valence-corrected chi connectivity index (χ2v) is 6.45. The zero-order valence-electron chi connectivity index (χ0n) is 12.7. The first-order valence-corrected chi connectivity index (χ1v) is 8.00. The number of aliphatic hydroxyl groups is 1. The maximum atomic E-state index is 11.6. The number of ether oxygens (including phenoxy) is 1. The molecule has 0 aromatic heterocycles. The molecule has 3 rings (SSSR count). The van der Waals surface area contributed by atoms with Gasteiger partial charge in [0.15, 0.2) is 0 Å². The van der Waals surface area contributed by atoms with E-state index in [0.717, 1.165) is 0 Å². The van der Waals surface area contributed by atoms with Crippen molar-refractivity contribution in [2.45, 2.75) is 12.0 Å². The van der Waals surface area contributed by atoms with E-state index in [1.807, 2.05) is 0 Å². The van der Waals surface area contributed by atoms with Gasteiger partial charge in [0, 0.05) is 17.2 Å². The number of benzene rings is 2. The summed E-state index contributed by atoms with van der Waals surface area (Å²) in [6, 6.07) is 8.73. The largest absolute Gasteiger partial charge is 0.508 e. The predicted octanol–water partition coefficient (Wildman–Crippen LogP) is 2.38. The minimum absolute atomic E-state index is 0.0353. The average molecular weight is 408 g/mol. The van der Waals surface area contributed by atoms with Gasteiger partial charge in [-0.1, -0.05) is 0 Å². The molecule has 7 nitrogen and oxygen atoms in total. The summed E-state index contributed by atoms with van der Waals surface area (Å²) in [5.41, 5.74) is 0.539. The Bertz CT molecular complexity index is 881. The Balaban J connectivity index is 2.12. The number of carbonyl (C=O) groups is 1. The molecule has 1 heterocycles. The molecule has 1 unspecified atom stereocenters. The highest BCUT2D eigenvalue weighted by Gasteiger charge is 2.37. The van der Waals surface area contributed by atoms with Crippen LogP contribution in [0.15, 0.2) is 46.9 Å². The van der Waals surface area contributed by atoms with E-state index in [1.54, 1.807) is 12.1 Å². The van der Waals surface area contributed by atoms with Crippen LogP contribution < -0.4 is 10.2 Å². The van der Waals surface area contributed by atoms with Gasteiger partial charge in [0.2, 0.25) is 5.91 Å². The average Bonchev–Trinajstić information content (AvgIpc) is 2.56. The number of phenols is 2. The smallest absolute Gasteiger partial charge is 0.246 e. The number of phenolic OH excluding ortho intramolecular Hbond substituents is 2. The molecule has 1 atom stereocenters. The quantitative estimate of drug-likeness (QED) is 0.393. The topological polar surface area (TPSA) is 119 Å². The first kappa shape index (κ1) is 17.3. The number of fused-ring (bicyclic) bond motifs is 1. The molecule has 2 aromatic rings. The highest BCUT2D eigenvalue weighted by Crippen LogP contribution is 2.43. The summed E-state index contributed by atoms with van der Waals surface area (Å²) >= 11 is 3.20. The third kappa shape index (κ3) is 3.32. The van der Waals surface area contributed by atoms with Crippen LogP contribution in [0.2, 0.25) is 0 Å². The van der Waals surface area contributed by atoms with Gasteiger partial charge in [0.05, 0.1) is 10.9 Å². The van der Waals surface area contributed by atoms with Crippen LogP contribution in [0.5, 0.6) is 17.2 Å². The Morgan fingerprint density at radius 3 is 2.64 bits per heavy atom. The van der Waals surface area contributed by atoms with Crippen molar-refractivity contribution in [3.8, 4) is 17.2 Å². The summed E-state index contributed by atoms with van der Waals surface area (Å²) in [6.07, 6.45) is 0.897. The van der Waals surface area contributed by atoms with Gasteiger partial charge in [-0.2, -0.15) is 0 Å². The Morgan fingerprint density at radius 2 is 1.96 bits per heavy atom. The third-order valence-electron chi connectivity index (χ3n) is 3.81. The number of aromatic hydroxyl groups is 2. The van der Waals surface area contributed by atoms with Crippen LogP contribution in [0.4, 0.5) is 0 Å². The zero-order valence-corrected chi connectivity index (χ0v) is 14.3.